The standard InChI is InChI=1S/C53H33N5/c1-4-16-35(17-5-1)51-54-52(36-18-6-2-7-19-36)56-53(55-51)43-25-14-20-37-31-39(28-29-40(37)43)58-46-26-13-12-24-42(46)44-32-49-45(33-48(44)58)50-41-23-11-10-15-34(41)27-30-47(50)57(49)38-21-8-3-9-22-38/h1-33H. The van der Waals surface area contributed by atoms with Gasteiger partial charge in [0.25, 0.3) is 0 Å². The fourth-order valence-electron chi connectivity index (χ4n) is 8.92. The normalized spacial score (nSPS) is 11.8. The number of aromatic nitrogens is 5. The first kappa shape index (κ1) is 32.4. The Bertz CT molecular complexity index is 3490. The van der Waals surface area contributed by atoms with Crippen molar-refractivity contribution >= 4 is 65.2 Å². The van der Waals surface area contributed by atoms with Crippen molar-refractivity contribution in [1.29, 1.82) is 0 Å². The van der Waals surface area contributed by atoms with E-state index in [1.165, 1.54) is 54.4 Å². The Morgan fingerprint density at radius 3 is 1.64 bits per heavy atom. The molecule has 270 valence electrons. The second kappa shape index (κ2) is 12.8. The molecule has 0 spiro atoms. The molecular weight excluding hydrogens is 707 g/mol. The van der Waals surface area contributed by atoms with Crippen LogP contribution in [-0.2, 0) is 0 Å². The summed E-state index contributed by atoms with van der Waals surface area (Å²) in [5, 5.41) is 9.60. The van der Waals surface area contributed by atoms with E-state index in [1.807, 2.05) is 60.7 Å². The van der Waals surface area contributed by atoms with Gasteiger partial charge in [0.05, 0.1) is 22.1 Å². The number of rotatable bonds is 5. The highest BCUT2D eigenvalue weighted by atomic mass is 15.0. The van der Waals surface area contributed by atoms with Crippen molar-refractivity contribution in [3.8, 4) is 45.5 Å². The molecule has 0 amide bonds. The van der Waals surface area contributed by atoms with Gasteiger partial charge in [-0.1, -0.05) is 152 Å². The fourth-order valence-corrected chi connectivity index (χ4v) is 8.92. The molecule has 0 N–H and O–H groups in total. The average molecular weight is 740 g/mol. The first-order chi connectivity index (χ1) is 28.8. The zero-order chi connectivity index (χ0) is 38.2. The molecule has 3 aromatic heterocycles. The van der Waals surface area contributed by atoms with Crippen LogP contribution in [-0.4, -0.2) is 24.1 Å². The highest BCUT2D eigenvalue weighted by Gasteiger charge is 2.21. The SMILES string of the molecule is c1ccc(-c2nc(-c3ccccc3)nc(-c3cccc4cc(-n5c6ccccc6c6cc7c(cc65)c5c6ccccc6ccc5n7-c5ccccc5)ccc34)n2)cc1. The van der Waals surface area contributed by atoms with Gasteiger partial charge in [0.15, 0.2) is 17.5 Å². The van der Waals surface area contributed by atoms with Crippen LogP contribution in [0, 0.1) is 0 Å². The molecule has 5 heteroatoms. The van der Waals surface area contributed by atoms with Gasteiger partial charge >= 0.3 is 0 Å². The molecule has 0 aliphatic carbocycles. The first-order valence-corrected chi connectivity index (χ1v) is 19.6. The smallest absolute Gasteiger partial charge is 0.164 e. The van der Waals surface area contributed by atoms with Crippen LogP contribution >= 0.6 is 0 Å². The zero-order valence-electron chi connectivity index (χ0n) is 31.3. The summed E-state index contributed by atoms with van der Waals surface area (Å²) in [6.07, 6.45) is 0. The molecule has 9 aromatic carbocycles. The van der Waals surface area contributed by atoms with Gasteiger partial charge in [0, 0.05) is 49.6 Å². The number of benzene rings is 9. The molecule has 0 fully saturated rings. The Kier molecular flexibility index (Phi) is 7.16. The van der Waals surface area contributed by atoms with Crippen LogP contribution in [0.25, 0.3) is 111 Å². The average Bonchev–Trinajstić information content (AvgIpc) is 3.80. The van der Waals surface area contributed by atoms with E-state index >= 15 is 0 Å². The summed E-state index contributed by atoms with van der Waals surface area (Å²) in [5.74, 6) is 1.94. The zero-order valence-corrected chi connectivity index (χ0v) is 31.3. The van der Waals surface area contributed by atoms with Gasteiger partial charge in [-0.25, -0.2) is 15.0 Å². The minimum absolute atomic E-state index is 0.646. The van der Waals surface area contributed by atoms with Crippen LogP contribution in [0.3, 0.4) is 0 Å². The predicted octanol–water partition coefficient (Wildman–Crippen LogP) is 13.4. The summed E-state index contributed by atoms with van der Waals surface area (Å²) in [4.78, 5) is 15.1. The highest BCUT2D eigenvalue weighted by molar-refractivity contribution is 6.25. The van der Waals surface area contributed by atoms with Gasteiger partial charge in [0.1, 0.15) is 0 Å². The molecule has 3 heterocycles. The van der Waals surface area contributed by atoms with E-state index in [0.717, 1.165) is 38.8 Å². The second-order valence-electron chi connectivity index (χ2n) is 14.8. The minimum Gasteiger partial charge on any atom is -0.309 e. The van der Waals surface area contributed by atoms with E-state index in [4.69, 9.17) is 15.0 Å². The Morgan fingerprint density at radius 2 is 0.879 bits per heavy atom. The quantitative estimate of drug-likeness (QED) is 0.177. The van der Waals surface area contributed by atoms with Crippen molar-refractivity contribution < 1.29 is 0 Å². The third kappa shape index (κ3) is 5.00. The van der Waals surface area contributed by atoms with Crippen molar-refractivity contribution in [2.45, 2.75) is 0 Å². The Balaban J connectivity index is 1.09. The lowest BCUT2D eigenvalue weighted by atomic mass is 10.0. The van der Waals surface area contributed by atoms with Crippen molar-refractivity contribution in [3.63, 3.8) is 0 Å². The number of hydrogen-bond donors (Lipinski definition) is 0. The Labute approximate surface area is 333 Å². The number of hydrogen-bond acceptors (Lipinski definition) is 3. The summed E-state index contributed by atoms with van der Waals surface area (Å²) in [7, 11) is 0. The lowest BCUT2D eigenvalue weighted by molar-refractivity contribution is 1.08. The maximum atomic E-state index is 5.07. The van der Waals surface area contributed by atoms with Crippen molar-refractivity contribution in [2.75, 3.05) is 0 Å². The van der Waals surface area contributed by atoms with E-state index < -0.39 is 0 Å². The molecule has 12 rings (SSSR count). The lowest BCUT2D eigenvalue weighted by Gasteiger charge is -2.13. The van der Waals surface area contributed by atoms with Crippen LogP contribution in [0.1, 0.15) is 0 Å². The van der Waals surface area contributed by atoms with E-state index in [1.54, 1.807) is 0 Å². The van der Waals surface area contributed by atoms with Crippen LogP contribution < -0.4 is 0 Å². The molecule has 0 saturated carbocycles. The molecular formula is C53H33N5. The third-order valence-corrected chi connectivity index (χ3v) is 11.5. The minimum atomic E-state index is 0.646. The monoisotopic (exact) mass is 739 g/mol. The van der Waals surface area contributed by atoms with Gasteiger partial charge in [-0.05, 0) is 70.1 Å². The van der Waals surface area contributed by atoms with Crippen molar-refractivity contribution in [3.05, 3.63) is 200 Å². The number of nitrogens with zero attached hydrogens (tertiary/aromatic N) is 5. The predicted molar refractivity (Wildman–Crippen MR) is 240 cm³/mol. The summed E-state index contributed by atoms with van der Waals surface area (Å²) in [5.41, 5.74) is 9.83. The molecule has 0 bridgehead atoms. The number of para-hydroxylation sites is 2. The molecule has 0 aliphatic heterocycles. The highest BCUT2D eigenvalue weighted by Crippen LogP contribution is 2.42. The third-order valence-electron chi connectivity index (χ3n) is 11.5. The number of fused-ring (bicyclic) bond motifs is 9. The van der Waals surface area contributed by atoms with Crippen LogP contribution in [0.2, 0.25) is 0 Å². The molecule has 0 atom stereocenters. The molecule has 0 saturated heterocycles. The van der Waals surface area contributed by atoms with Gasteiger partial charge in [0.2, 0.25) is 0 Å². The summed E-state index contributed by atoms with van der Waals surface area (Å²) in [6, 6.07) is 71.0. The van der Waals surface area contributed by atoms with Crippen LogP contribution in [0.15, 0.2) is 200 Å². The largest absolute Gasteiger partial charge is 0.309 e. The summed E-state index contributed by atoms with van der Waals surface area (Å²) < 4.78 is 4.85. The van der Waals surface area contributed by atoms with Crippen molar-refractivity contribution in [1.82, 2.24) is 24.1 Å². The van der Waals surface area contributed by atoms with Gasteiger partial charge in [-0.15, -0.1) is 0 Å². The van der Waals surface area contributed by atoms with Crippen molar-refractivity contribution in [2.24, 2.45) is 0 Å². The van der Waals surface area contributed by atoms with Crippen LogP contribution in [0.4, 0.5) is 0 Å². The molecule has 58 heavy (non-hydrogen) atoms. The summed E-state index contributed by atoms with van der Waals surface area (Å²) in [6.45, 7) is 0. The van der Waals surface area contributed by atoms with Gasteiger partial charge in [-0.2, -0.15) is 0 Å². The molecule has 0 radical (unpaired) electrons. The van der Waals surface area contributed by atoms with Gasteiger partial charge < -0.3 is 9.13 Å². The second-order valence-corrected chi connectivity index (χ2v) is 14.8. The molecule has 0 unspecified atom stereocenters. The maximum absolute atomic E-state index is 5.07. The topological polar surface area (TPSA) is 48.5 Å². The van der Waals surface area contributed by atoms with E-state index in [2.05, 4.69) is 149 Å². The lowest BCUT2D eigenvalue weighted by Crippen LogP contribution is -2.00. The van der Waals surface area contributed by atoms with E-state index in [9.17, 15) is 0 Å². The molecule has 12 aromatic rings. The maximum Gasteiger partial charge on any atom is 0.164 e. The van der Waals surface area contributed by atoms with Crippen LogP contribution in [0.5, 0.6) is 0 Å². The Hall–Kier alpha value is -7.89. The summed E-state index contributed by atoms with van der Waals surface area (Å²) >= 11 is 0. The van der Waals surface area contributed by atoms with Gasteiger partial charge in [-0.3, -0.25) is 0 Å². The Morgan fingerprint density at radius 1 is 0.293 bits per heavy atom. The first-order valence-electron chi connectivity index (χ1n) is 19.6. The van der Waals surface area contributed by atoms with E-state index in [0.29, 0.717) is 17.5 Å². The fraction of sp³-hybridized carbons (Fsp3) is 0. The van der Waals surface area contributed by atoms with E-state index in [-0.39, 0.29) is 0 Å². The molecule has 5 nitrogen and oxygen atoms in total. The molecule has 0 aliphatic rings.